The van der Waals surface area contributed by atoms with Crippen LogP contribution in [0.2, 0.25) is 0 Å². The predicted molar refractivity (Wildman–Crippen MR) is 67.8 cm³/mol. The number of ether oxygens (including phenoxy) is 1. The van der Waals surface area contributed by atoms with Crippen LogP contribution in [0.1, 0.15) is 31.9 Å². The molecule has 5 heteroatoms. The summed E-state index contributed by atoms with van der Waals surface area (Å²) in [4.78, 5) is 11.0. The third kappa shape index (κ3) is 3.43. The second-order valence-corrected chi connectivity index (χ2v) is 4.12. The van der Waals surface area contributed by atoms with Gasteiger partial charge in [0, 0.05) is 6.04 Å². The number of amides is 1. The van der Waals surface area contributed by atoms with Crippen LogP contribution in [0, 0.1) is 5.82 Å². The minimum absolute atomic E-state index is 0.0478. The maximum atomic E-state index is 13.8. The van der Waals surface area contributed by atoms with Gasteiger partial charge in [-0.3, -0.25) is 4.79 Å². The van der Waals surface area contributed by atoms with Crippen LogP contribution in [-0.4, -0.2) is 19.1 Å². The van der Waals surface area contributed by atoms with E-state index in [1.165, 1.54) is 12.1 Å². The van der Waals surface area contributed by atoms with E-state index in [2.05, 4.69) is 5.32 Å². The third-order valence-corrected chi connectivity index (χ3v) is 2.85. The van der Waals surface area contributed by atoms with E-state index in [-0.39, 0.29) is 11.8 Å². The fourth-order valence-electron chi connectivity index (χ4n) is 1.54. The van der Waals surface area contributed by atoms with Gasteiger partial charge in [-0.1, -0.05) is 13.0 Å². The fourth-order valence-corrected chi connectivity index (χ4v) is 1.54. The molecule has 2 unspecified atom stereocenters. The Morgan fingerprint density at radius 2 is 2.22 bits per heavy atom. The van der Waals surface area contributed by atoms with E-state index in [1.54, 1.807) is 20.0 Å². The zero-order valence-electron chi connectivity index (χ0n) is 10.9. The summed E-state index contributed by atoms with van der Waals surface area (Å²) in [5.74, 6) is -1.04. The number of hydrogen-bond acceptors (Lipinski definition) is 3. The average Bonchev–Trinajstić information content (AvgIpc) is 2.35. The van der Waals surface area contributed by atoms with Gasteiger partial charge < -0.3 is 15.8 Å². The van der Waals surface area contributed by atoms with Crippen molar-refractivity contribution in [2.24, 2.45) is 5.73 Å². The van der Waals surface area contributed by atoms with Crippen LogP contribution in [0.3, 0.4) is 0 Å². The Bertz CT molecular complexity index is 423. The number of halogens is 1. The number of carbonyl (C=O) groups excluding carboxylic acids is 1. The number of rotatable bonds is 6. The lowest BCUT2D eigenvalue weighted by atomic mass is 10.1. The first kappa shape index (κ1) is 14.4. The Balaban J connectivity index is 2.88. The number of primary amides is 1. The summed E-state index contributed by atoms with van der Waals surface area (Å²) in [5, 5.41) is 3.02. The summed E-state index contributed by atoms with van der Waals surface area (Å²) in [6.45, 7) is 3.68. The highest BCUT2D eigenvalue weighted by molar-refractivity contribution is 5.79. The molecule has 18 heavy (non-hydrogen) atoms. The Morgan fingerprint density at radius 1 is 1.56 bits per heavy atom. The third-order valence-electron chi connectivity index (χ3n) is 2.85. The highest BCUT2D eigenvalue weighted by atomic mass is 19.1. The lowest BCUT2D eigenvalue weighted by Gasteiger charge is -2.16. The minimum atomic E-state index is -0.799. The second-order valence-electron chi connectivity index (χ2n) is 4.12. The highest BCUT2D eigenvalue weighted by Crippen LogP contribution is 2.23. The van der Waals surface area contributed by atoms with Crippen molar-refractivity contribution in [3.63, 3.8) is 0 Å². The summed E-state index contributed by atoms with van der Waals surface area (Å²) in [5.41, 5.74) is 5.96. The zero-order chi connectivity index (χ0) is 13.7. The zero-order valence-corrected chi connectivity index (χ0v) is 10.9. The molecule has 0 saturated heterocycles. The molecular formula is C13H19FN2O2. The molecule has 1 aromatic rings. The number of carbonyl (C=O) groups is 1. The number of nitrogens with two attached hydrogens (primary N) is 1. The topological polar surface area (TPSA) is 64.3 Å². The molecule has 0 aromatic heterocycles. The average molecular weight is 254 g/mol. The summed E-state index contributed by atoms with van der Waals surface area (Å²) in [6, 6.07) is 4.72. The van der Waals surface area contributed by atoms with Gasteiger partial charge in [0.2, 0.25) is 0 Å². The molecule has 100 valence electrons. The van der Waals surface area contributed by atoms with Crippen molar-refractivity contribution in [1.29, 1.82) is 0 Å². The van der Waals surface area contributed by atoms with E-state index in [0.29, 0.717) is 6.42 Å². The van der Waals surface area contributed by atoms with Crippen LogP contribution < -0.4 is 15.8 Å². The molecule has 1 rings (SSSR count). The van der Waals surface area contributed by atoms with Gasteiger partial charge in [-0.15, -0.1) is 0 Å². The Kier molecular flexibility index (Phi) is 5.09. The molecule has 1 amide bonds. The van der Waals surface area contributed by atoms with Crippen molar-refractivity contribution in [3.8, 4) is 5.75 Å². The van der Waals surface area contributed by atoms with Crippen LogP contribution >= 0.6 is 0 Å². The SMILES string of the molecule is CCC(Oc1ccc(C(C)NC)cc1F)C(N)=O. The van der Waals surface area contributed by atoms with Crippen molar-refractivity contribution in [1.82, 2.24) is 5.32 Å². The second kappa shape index (κ2) is 6.35. The molecule has 4 nitrogen and oxygen atoms in total. The quantitative estimate of drug-likeness (QED) is 0.813. The molecule has 2 atom stereocenters. The number of nitrogens with one attached hydrogen (secondary N) is 1. The molecule has 0 spiro atoms. The van der Waals surface area contributed by atoms with Crippen molar-refractivity contribution in [3.05, 3.63) is 29.6 Å². The molecule has 0 heterocycles. The highest BCUT2D eigenvalue weighted by Gasteiger charge is 2.17. The van der Waals surface area contributed by atoms with E-state index in [0.717, 1.165) is 5.56 Å². The summed E-state index contributed by atoms with van der Waals surface area (Å²) in [7, 11) is 1.80. The Labute approximate surface area is 106 Å². The largest absolute Gasteiger partial charge is 0.478 e. The van der Waals surface area contributed by atoms with Gasteiger partial charge in [-0.25, -0.2) is 4.39 Å². The van der Waals surface area contributed by atoms with Gasteiger partial charge in [0.25, 0.3) is 5.91 Å². The summed E-state index contributed by atoms with van der Waals surface area (Å²) < 4.78 is 19.1. The van der Waals surface area contributed by atoms with Crippen molar-refractivity contribution in [2.75, 3.05) is 7.05 Å². The van der Waals surface area contributed by atoms with E-state index in [4.69, 9.17) is 10.5 Å². The lowest BCUT2D eigenvalue weighted by Crippen LogP contribution is -2.33. The maximum Gasteiger partial charge on any atom is 0.258 e. The van der Waals surface area contributed by atoms with Gasteiger partial charge in [0.15, 0.2) is 17.7 Å². The standard InChI is InChI=1S/C13H19FN2O2/c1-4-11(13(15)17)18-12-6-5-9(7-10(12)14)8(2)16-3/h5-8,11,16H,4H2,1-3H3,(H2,15,17). The molecule has 0 bridgehead atoms. The Hall–Kier alpha value is -1.62. The molecule has 3 N–H and O–H groups in total. The van der Waals surface area contributed by atoms with E-state index >= 15 is 0 Å². The molecule has 0 fully saturated rings. The summed E-state index contributed by atoms with van der Waals surface area (Å²) in [6.07, 6.45) is -0.393. The molecule has 0 aliphatic heterocycles. The van der Waals surface area contributed by atoms with Gasteiger partial charge >= 0.3 is 0 Å². The normalized spacial score (nSPS) is 14.0. The first-order valence-corrected chi connectivity index (χ1v) is 5.92. The predicted octanol–water partition coefficient (Wildman–Crippen LogP) is 1.75. The van der Waals surface area contributed by atoms with Crippen LogP contribution in [0.4, 0.5) is 4.39 Å². The van der Waals surface area contributed by atoms with Gasteiger partial charge in [0.1, 0.15) is 0 Å². The van der Waals surface area contributed by atoms with Crippen LogP contribution in [-0.2, 0) is 4.79 Å². The summed E-state index contributed by atoms with van der Waals surface area (Å²) >= 11 is 0. The van der Waals surface area contributed by atoms with Crippen LogP contribution in [0.15, 0.2) is 18.2 Å². The first-order valence-electron chi connectivity index (χ1n) is 5.92. The van der Waals surface area contributed by atoms with Crippen molar-refractivity contribution >= 4 is 5.91 Å². The minimum Gasteiger partial charge on any atom is -0.478 e. The lowest BCUT2D eigenvalue weighted by molar-refractivity contribution is -0.124. The number of hydrogen-bond donors (Lipinski definition) is 2. The van der Waals surface area contributed by atoms with Crippen molar-refractivity contribution in [2.45, 2.75) is 32.4 Å². The number of benzene rings is 1. The van der Waals surface area contributed by atoms with Crippen LogP contribution in [0.25, 0.3) is 0 Å². The van der Waals surface area contributed by atoms with E-state index in [1.807, 2.05) is 6.92 Å². The smallest absolute Gasteiger partial charge is 0.258 e. The van der Waals surface area contributed by atoms with Gasteiger partial charge in [-0.2, -0.15) is 0 Å². The molecule has 0 radical (unpaired) electrons. The molecule has 0 aliphatic rings. The molecule has 1 aromatic carbocycles. The van der Waals surface area contributed by atoms with Crippen LogP contribution in [0.5, 0.6) is 5.75 Å². The molecule has 0 aliphatic carbocycles. The van der Waals surface area contributed by atoms with E-state index in [9.17, 15) is 9.18 Å². The monoisotopic (exact) mass is 254 g/mol. The molecular weight excluding hydrogens is 235 g/mol. The van der Waals surface area contributed by atoms with E-state index < -0.39 is 17.8 Å². The first-order chi connectivity index (χ1) is 8.49. The Morgan fingerprint density at radius 3 is 2.67 bits per heavy atom. The van der Waals surface area contributed by atoms with Gasteiger partial charge in [-0.05, 0) is 38.1 Å². The van der Waals surface area contributed by atoms with Gasteiger partial charge in [0.05, 0.1) is 0 Å². The maximum absolute atomic E-state index is 13.8. The fraction of sp³-hybridized carbons (Fsp3) is 0.462. The van der Waals surface area contributed by atoms with Crippen molar-refractivity contribution < 1.29 is 13.9 Å². The molecule has 0 saturated carbocycles.